The Labute approximate surface area is 168 Å². The largest absolute Gasteiger partial charge is 0.486 e. The van der Waals surface area contributed by atoms with Crippen molar-refractivity contribution in [3.8, 4) is 11.5 Å². The fourth-order valence-electron chi connectivity index (χ4n) is 3.17. The lowest BCUT2D eigenvalue weighted by Crippen LogP contribution is -2.47. The molecule has 1 saturated carbocycles. The van der Waals surface area contributed by atoms with E-state index in [1.54, 1.807) is 0 Å². The number of carbonyl (C=O) groups excluding carboxylic acids is 2. The number of amides is 1. The highest BCUT2D eigenvalue weighted by Crippen LogP contribution is 2.38. The molecule has 1 atom stereocenters. The van der Waals surface area contributed by atoms with E-state index in [1.807, 2.05) is 0 Å². The van der Waals surface area contributed by atoms with Crippen molar-refractivity contribution in [1.29, 1.82) is 0 Å². The number of ether oxygens (including phenoxy) is 3. The summed E-state index contributed by atoms with van der Waals surface area (Å²) < 4.78 is 53.9. The standard InChI is InChI=1S/C18H19F3N2O7/c1-10(11-2-3-11)22(9-18(19,20)21)16(24)8-30-17(25)12-6-14-15(29-5-4-28-14)7-13(12)23(26)27/h6-7,10-11H,2-5,8-9H2,1H3/t10-/m0/s1. The Balaban J connectivity index is 1.73. The van der Waals surface area contributed by atoms with Crippen LogP contribution in [0.5, 0.6) is 11.5 Å². The first-order chi connectivity index (χ1) is 14.1. The van der Waals surface area contributed by atoms with E-state index >= 15 is 0 Å². The lowest BCUT2D eigenvalue weighted by atomic mass is 10.1. The third kappa shape index (κ3) is 5.10. The summed E-state index contributed by atoms with van der Waals surface area (Å²) in [6.07, 6.45) is -3.19. The number of nitrogens with zero attached hydrogens (tertiary/aromatic N) is 2. The number of hydrogen-bond acceptors (Lipinski definition) is 7. The van der Waals surface area contributed by atoms with Gasteiger partial charge in [-0.15, -0.1) is 0 Å². The van der Waals surface area contributed by atoms with E-state index in [1.165, 1.54) is 6.92 Å². The first-order valence-corrected chi connectivity index (χ1v) is 9.18. The maximum Gasteiger partial charge on any atom is 0.406 e. The number of fused-ring (bicyclic) bond motifs is 1. The van der Waals surface area contributed by atoms with Crippen molar-refractivity contribution in [2.45, 2.75) is 32.0 Å². The maximum atomic E-state index is 12.9. The third-order valence-corrected chi connectivity index (χ3v) is 4.87. The van der Waals surface area contributed by atoms with Gasteiger partial charge in [-0.1, -0.05) is 0 Å². The molecule has 1 heterocycles. The molecule has 0 saturated heterocycles. The van der Waals surface area contributed by atoms with Gasteiger partial charge in [-0.25, -0.2) is 4.79 Å². The Morgan fingerprint density at radius 3 is 2.40 bits per heavy atom. The molecule has 0 aromatic heterocycles. The zero-order valence-corrected chi connectivity index (χ0v) is 15.9. The van der Waals surface area contributed by atoms with Crippen LogP contribution >= 0.6 is 0 Å². The Morgan fingerprint density at radius 1 is 1.27 bits per heavy atom. The number of benzene rings is 1. The smallest absolute Gasteiger partial charge is 0.406 e. The Kier molecular flexibility index (Phi) is 6.04. The molecular formula is C18H19F3N2O7. The number of nitro groups is 1. The van der Waals surface area contributed by atoms with Crippen LogP contribution in [0.4, 0.5) is 18.9 Å². The van der Waals surface area contributed by atoms with Crippen molar-refractivity contribution in [3.63, 3.8) is 0 Å². The minimum Gasteiger partial charge on any atom is -0.486 e. The van der Waals surface area contributed by atoms with Crippen LogP contribution in [0.25, 0.3) is 0 Å². The van der Waals surface area contributed by atoms with E-state index < -0.39 is 53.4 Å². The Bertz CT molecular complexity index is 855. The van der Waals surface area contributed by atoms with Gasteiger partial charge in [-0.2, -0.15) is 13.2 Å². The molecule has 2 aliphatic rings. The minimum atomic E-state index is -4.61. The van der Waals surface area contributed by atoms with E-state index in [0.29, 0.717) is 17.7 Å². The summed E-state index contributed by atoms with van der Waals surface area (Å²) in [4.78, 5) is 35.8. The second kappa shape index (κ2) is 8.36. The second-order valence-corrected chi connectivity index (χ2v) is 7.06. The fourth-order valence-corrected chi connectivity index (χ4v) is 3.17. The lowest BCUT2D eigenvalue weighted by molar-refractivity contribution is -0.385. The fraction of sp³-hybridized carbons (Fsp3) is 0.556. The molecule has 12 heteroatoms. The van der Waals surface area contributed by atoms with Crippen LogP contribution in [0.15, 0.2) is 12.1 Å². The predicted molar refractivity (Wildman–Crippen MR) is 94.3 cm³/mol. The van der Waals surface area contributed by atoms with Gasteiger partial charge in [0, 0.05) is 12.1 Å². The van der Waals surface area contributed by atoms with Crippen molar-refractivity contribution in [2.75, 3.05) is 26.4 Å². The van der Waals surface area contributed by atoms with Crippen molar-refractivity contribution >= 4 is 17.6 Å². The van der Waals surface area contributed by atoms with Crippen LogP contribution in [0.2, 0.25) is 0 Å². The highest BCUT2D eigenvalue weighted by Gasteiger charge is 2.40. The van der Waals surface area contributed by atoms with Crippen molar-refractivity contribution < 1.29 is 41.9 Å². The van der Waals surface area contributed by atoms with Crippen molar-refractivity contribution in [3.05, 3.63) is 27.8 Å². The molecule has 1 aromatic rings. The summed E-state index contributed by atoms with van der Waals surface area (Å²) in [5.74, 6) is -2.12. The van der Waals surface area contributed by atoms with Crippen LogP contribution in [0.3, 0.4) is 0 Å². The summed E-state index contributed by atoms with van der Waals surface area (Å²) in [5.41, 5.74) is -1.12. The van der Waals surface area contributed by atoms with Crippen molar-refractivity contribution in [2.24, 2.45) is 5.92 Å². The van der Waals surface area contributed by atoms with Gasteiger partial charge < -0.3 is 19.1 Å². The zero-order valence-electron chi connectivity index (χ0n) is 15.9. The predicted octanol–water partition coefficient (Wildman–Crippen LogP) is 2.71. The maximum absolute atomic E-state index is 12.9. The highest BCUT2D eigenvalue weighted by atomic mass is 19.4. The topological polar surface area (TPSA) is 108 Å². The van der Waals surface area contributed by atoms with E-state index in [2.05, 4.69) is 0 Å². The van der Waals surface area contributed by atoms with Gasteiger partial charge in [-0.3, -0.25) is 14.9 Å². The molecule has 0 spiro atoms. The zero-order chi connectivity index (χ0) is 22.1. The van der Waals surface area contributed by atoms with E-state index in [9.17, 15) is 32.9 Å². The van der Waals surface area contributed by atoms with Gasteiger partial charge in [0.25, 0.3) is 11.6 Å². The Hall–Kier alpha value is -3.05. The number of nitro benzene ring substituents is 1. The van der Waals surface area contributed by atoms with Gasteiger partial charge in [0.15, 0.2) is 18.1 Å². The average molecular weight is 432 g/mol. The molecule has 1 aliphatic carbocycles. The normalized spacial score (nSPS) is 16.5. The molecule has 1 aromatic carbocycles. The molecule has 3 rings (SSSR count). The highest BCUT2D eigenvalue weighted by molar-refractivity contribution is 5.96. The molecule has 1 fully saturated rings. The summed E-state index contributed by atoms with van der Waals surface area (Å²) in [7, 11) is 0. The summed E-state index contributed by atoms with van der Waals surface area (Å²) in [6, 6.07) is 1.39. The van der Waals surface area contributed by atoms with Gasteiger partial charge in [0.1, 0.15) is 25.3 Å². The Morgan fingerprint density at radius 2 is 1.87 bits per heavy atom. The van der Waals surface area contributed by atoms with Crippen LogP contribution < -0.4 is 9.47 Å². The van der Waals surface area contributed by atoms with E-state index in [0.717, 1.165) is 12.1 Å². The first-order valence-electron chi connectivity index (χ1n) is 9.18. The van der Waals surface area contributed by atoms with Gasteiger partial charge in [-0.05, 0) is 25.7 Å². The minimum absolute atomic E-state index is 0.0362. The summed E-state index contributed by atoms with van der Waals surface area (Å²) in [5, 5.41) is 11.3. The number of carbonyl (C=O) groups is 2. The molecule has 0 bridgehead atoms. The molecule has 0 N–H and O–H groups in total. The average Bonchev–Trinajstić information content (AvgIpc) is 3.53. The number of hydrogen-bond donors (Lipinski definition) is 0. The molecule has 30 heavy (non-hydrogen) atoms. The number of halogens is 3. The summed E-state index contributed by atoms with van der Waals surface area (Å²) in [6.45, 7) is -0.586. The molecule has 9 nitrogen and oxygen atoms in total. The van der Waals surface area contributed by atoms with Crippen LogP contribution in [0.1, 0.15) is 30.1 Å². The first kappa shape index (κ1) is 21.7. The van der Waals surface area contributed by atoms with Gasteiger partial charge >= 0.3 is 12.1 Å². The van der Waals surface area contributed by atoms with Crippen molar-refractivity contribution in [1.82, 2.24) is 4.90 Å². The monoisotopic (exact) mass is 432 g/mol. The molecule has 0 unspecified atom stereocenters. The van der Waals surface area contributed by atoms with Gasteiger partial charge in [0.2, 0.25) is 0 Å². The third-order valence-electron chi connectivity index (χ3n) is 4.87. The van der Waals surface area contributed by atoms with Gasteiger partial charge in [0.05, 0.1) is 11.0 Å². The SMILES string of the molecule is C[C@@H](C1CC1)N(CC(F)(F)F)C(=O)COC(=O)c1cc2c(cc1[N+](=O)[O-])OCCO2. The number of esters is 1. The quantitative estimate of drug-likeness (QED) is 0.370. The molecule has 1 amide bonds. The number of alkyl halides is 3. The molecule has 1 aliphatic heterocycles. The number of rotatable bonds is 7. The molecule has 0 radical (unpaired) electrons. The van der Waals surface area contributed by atoms with Crippen LogP contribution in [-0.2, 0) is 9.53 Å². The second-order valence-electron chi connectivity index (χ2n) is 7.06. The van der Waals surface area contributed by atoms with E-state index in [4.69, 9.17) is 14.2 Å². The molecular weight excluding hydrogens is 413 g/mol. The van der Waals surface area contributed by atoms with Crippen LogP contribution in [-0.4, -0.2) is 60.3 Å². The summed E-state index contributed by atoms with van der Waals surface area (Å²) >= 11 is 0. The molecule has 164 valence electrons. The van der Waals surface area contributed by atoms with E-state index in [-0.39, 0.29) is 30.6 Å². The lowest BCUT2D eigenvalue weighted by Gasteiger charge is -2.30. The van der Waals surface area contributed by atoms with Crippen LogP contribution in [0, 0.1) is 16.0 Å².